The zero-order valence-corrected chi connectivity index (χ0v) is 11.4. The molecule has 0 amide bonds. The minimum Gasteiger partial charge on any atom is -0.496 e. The third kappa shape index (κ3) is 2.71. The highest BCUT2D eigenvalue weighted by Gasteiger charge is 2.13. The minimum atomic E-state index is -0.399. The Morgan fingerprint density at radius 3 is 2.42 bits per heavy atom. The van der Waals surface area contributed by atoms with Crippen LogP contribution in [0.3, 0.4) is 0 Å². The van der Waals surface area contributed by atoms with Gasteiger partial charge in [0.2, 0.25) is 0 Å². The van der Waals surface area contributed by atoms with Crippen LogP contribution in [0.15, 0.2) is 42.5 Å². The summed E-state index contributed by atoms with van der Waals surface area (Å²) in [6.45, 7) is 0. The van der Waals surface area contributed by atoms with Gasteiger partial charge in [-0.05, 0) is 24.3 Å². The van der Waals surface area contributed by atoms with Crippen LogP contribution in [0, 0.1) is 0 Å². The van der Waals surface area contributed by atoms with Gasteiger partial charge in [0.1, 0.15) is 5.75 Å². The highest BCUT2D eigenvalue weighted by atomic mass is 35.5. The van der Waals surface area contributed by atoms with E-state index in [4.69, 9.17) is 16.3 Å². The van der Waals surface area contributed by atoms with Gasteiger partial charge in [-0.15, -0.1) is 0 Å². The van der Waals surface area contributed by atoms with Gasteiger partial charge in [-0.2, -0.15) is 0 Å². The Labute approximate surface area is 116 Å². The first kappa shape index (κ1) is 13.4. The Bertz CT molecular complexity index is 608. The monoisotopic (exact) mass is 276 g/mol. The van der Waals surface area contributed by atoms with Crippen molar-refractivity contribution in [3.63, 3.8) is 0 Å². The van der Waals surface area contributed by atoms with Crippen LogP contribution in [-0.2, 0) is 4.74 Å². The first-order valence-corrected chi connectivity index (χ1v) is 6.06. The Kier molecular flexibility index (Phi) is 4.07. The normalized spacial score (nSPS) is 10.1. The van der Waals surface area contributed by atoms with E-state index in [0.29, 0.717) is 16.3 Å². The second-order valence-corrected chi connectivity index (χ2v) is 4.29. The molecule has 0 saturated carbocycles. The van der Waals surface area contributed by atoms with Gasteiger partial charge in [-0.3, -0.25) is 0 Å². The van der Waals surface area contributed by atoms with E-state index >= 15 is 0 Å². The van der Waals surface area contributed by atoms with Crippen molar-refractivity contribution in [3.8, 4) is 16.9 Å². The van der Waals surface area contributed by atoms with Crippen LogP contribution in [0.2, 0.25) is 5.02 Å². The number of carbonyl (C=O) groups is 1. The molecule has 3 nitrogen and oxygen atoms in total. The fourth-order valence-corrected chi connectivity index (χ4v) is 2.08. The van der Waals surface area contributed by atoms with Crippen molar-refractivity contribution in [2.24, 2.45) is 0 Å². The van der Waals surface area contributed by atoms with Crippen LogP contribution in [0.5, 0.6) is 5.75 Å². The predicted molar refractivity (Wildman–Crippen MR) is 74.8 cm³/mol. The number of rotatable bonds is 3. The van der Waals surface area contributed by atoms with E-state index in [-0.39, 0.29) is 0 Å². The molecule has 0 spiro atoms. The maximum Gasteiger partial charge on any atom is 0.337 e. The van der Waals surface area contributed by atoms with Gasteiger partial charge >= 0.3 is 5.97 Å². The third-order valence-electron chi connectivity index (χ3n) is 2.79. The molecule has 0 atom stereocenters. The molecule has 0 N–H and O–H groups in total. The van der Waals surface area contributed by atoms with Crippen molar-refractivity contribution < 1.29 is 14.3 Å². The lowest BCUT2D eigenvalue weighted by Gasteiger charge is -2.11. The number of hydrogen-bond donors (Lipinski definition) is 0. The SMILES string of the molecule is COC(=O)c1ccc(-c2ccccc2Cl)c(OC)c1. The van der Waals surface area contributed by atoms with Crippen LogP contribution in [0.1, 0.15) is 10.4 Å². The molecule has 98 valence electrons. The molecule has 2 aromatic rings. The second-order valence-electron chi connectivity index (χ2n) is 3.89. The Morgan fingerprint density at radius 2 is 1.79 bits per heavy atom. The number of ether oxygens (including phenoxy) is 2. The molecule has 0 unspecified atom stereocenters. The fraction of sp³-hybridized carbons (Fsp3) is 0.133. The lowest BCUT2D eigenvalue weighted by Crippen LogP contribution is -2.02. The van der Waals surface area contributed by atoms with Crippen LogP contribution >= 0.6 is 11.6 Å². The Hall–Kier alpha value is -2.00. The molecule has 0 heterocycles. The summed E-state index contributed by atoms with van der Waals surface area (Å²) in [7, 11) is 2.90. The molecule has 0 aliphatic carbocycles. The van der Waals surface area contributed by atoms with Crippen molar-refractivity contribution in [1.29, 1.82) is 0 Å². The summed E-state index contributed by atoms with van der Waals surface area (Å²) in [6.07, 6.45) is 0. The van der Waals surface area contributed by atoms with Crippen LogP contribution in [0.25, 0.3) is 11.1 Å². The van der Waals surface area contributed by atoms with Gasteiger partial charge in [-0.25, -0.2) is 4.79 Å². The van der Waals surface area contributed by atoms with Crippen molar-refractivity contribution in [2.45, 2.75) is 0 Å². The Morgan fingerprint density at radius 1 is 1.05 bits per heavy atom. The van der Waals surface area contributed by atoms with E-state index in [9.17, 15) is 4.79 Å². The quantitative estimate of drug-likeness (QED) is 0.800. The highest BCUT2D eigenvalue weighted by Crippen LogP contribution is 2.35. The van der Waals surface area contributed by atoms with E-state index in [0.717, 1.165) is 11.1 Å². The molecular weight excluding hydrogens is 264 g/mol. The molecule has 0 bridgehead atoms. The predicted octanol–water partition coefficient (Wildman–Crippen LogP) is 3.80. The van der Waals surface area contributed by atoms with E-state index in [1.807, 2.05) is 24.3 Å². The summed E-state index contributed by atoms with van der Waals surface area (Å²) < 4.78 is 10.0. The molecule has 0 aromatic heterocycles. The van der Waals surface area contributed by atoms with E-state index < -0.39 is 5.97 Å². The summed E-state index contributed by atoms with van der Waals surface area (Å²) in [6, 6.07) is 12.6. The van der Waals surface area contributed by atoms with Crippen LogP contribution in [0.4, 0.5) is 0 Å². The van der Waals surface area contributed by atoms with Gasteiger partial charge in [-0.1, -0.05) is 29.8 Å². The molecule has 0 aliphatic rings. The van der Waals surface area contributed by atoms with Gasteiger partial charge < -0.3 is 9.47 Å². The number of methoxy groups -OCH3 is 2. The molecule has 2 aromatic carbocycles. The molecular formula is C15H13ClO3. The van der Waals surface area contributed by atoms with Crippen LogP contribution in [-0.4, -0.2) is 20.2 Å². The molecule has 19 heavy (non-hydrogen) atoms. The maximum absolute atomic E-state index is 11.5. The number of carbonyl (C=O) groups excluding carboxylic acids is 1. The molecule has 0 radical (unpaired) electrons. The third-order valence-corrected chi connectivity index (χ3v) is 3.12. The van der Waals surface area contributed by atoms with Gasteiger partial charge in [0.05, 0.1) is 19.8 Å². The topological polar surface area (TPSA) is 35.5 Å². The highest BCUT2D eigenvalue weighted by molar-refractivity contribution is 6.33. The first-order valence-electron chi connectivity index (χ1n) is 5.68. The van der Waals surface area contributed by atoms with Crippen molar-refractivity contribution >= 4 is 17.6 Å². The number of hydrogen-bond acceptors (Lipinski definition) is 3. The second kappa shape index (κ2) is 5.76. The van der Waals surface area contributed by atoms with Crippen LogP contribution < -0.4 is 4.74 Å². The molecule has 0 aliphatic heterocycles. The first-order chi connectivity index (χ1) is 9.17. The zero-order chi connectivity index (χ0) is 13.8. The average Bonchev–Trinajstić information content (AvgIpc) is 2.46. The standard InChI is InChI=1S/C15H13ClO3/c1-18-14-9-10(15(17)19-2)7-8-12(14)11-5-3-4-6-13(11)16/h3-9H,1-2H3. The fourth-order valence-electron chi connectivity index (χ4n) is 1.84. The zero-order valence-electron chi connectivity index (χ0n) is 10.6. The maximum atomic E-state index is 11.5. The average molecular weight is 277 g/mol. The lowest BCUT2D eigenvalue weighted by atomic mass is 10.0. The number of halogens is 1. The molecule has 0 saturated heterocycles. The van der Waals surface area contributed by atoms with Gasteiger partial charge in [0, 0.05) is 16.1 Å². The van der Waals surface area contributed by atoms with E-state index in [2.05, 4.69) is 4.74 Å². The molecule has 0 fully saturated rings. The molecule has 2 rings (SSSR count). The van der Waals surface area contributed by atoms with E-state index in [1.165, 1.54) is 7.11 Å². The summed E-state index contributed by atoms with van der Waals surface area (Å²) in [5.74, 6) is 0.181. The summed E-state index contributed by atoms with van der Waals surface area (Å²) in [5, 5.41) is 0.631. The van der Waals surface area contributed by atoms with Crippen molar-refractivity contribution in [2.75, 3.05) is 14.2 Å². The molecule has 4 heteroatoms. The van der Waals surface area contributed by atoms with E-state index in [1.54, 1.807) is 25.3 Å². The van der Waals surface area contributed by atoms with Crippen molar-refractivity contribution in [3.05, 3.63) is 53.1 Å². The Balaban J connectivity index is 2.53. The number of esters is 1. The van der Waals surface area contributed by atoms with Gasteiger partial charge in [0.25, 0.3) is 0 Å². The van der Waals surface area contributed by atoms with Crippen molar-refractivity contribution in [1.82, 2.24) is 0 Å². The summed E-state index contributed by atoms with van der Waals surface area (Å²) in [5.41, 5.74) is 2.13. The summed E-state index contributed by atoms with van der Waals surface area (Å²) >= 11 is 6.17. The lowest BCUT2D eigenvalue weighted by molar-refractivity contribution is 0.0600. The smallest absolute Gasteiger partial charge is 0.337 e. The minimum absolute atomic E-state index is 0.399. The van der Waals surface area contributed by atoms with Gasteiger partial charge in [0.15, 0.2) is 0 Å². The largest absolute Gasteiger partial charge is 0.496 e. The number of benzene rings is 2. The summed E-state index contributed by atoms with van der Waals surface area (Å²) in [4.78, 5) is 11.5.